The Balaban J connectivity index is 2.08. The van der Waals surface area contributed by atoms with Crippen molar-refractivity contribution in [2.75, 3.05) is 4.72 Å². The number of rotatable bonds is 5. The average molecular weight is 394 g/mol. The first kappa shape index (κ1) is 19.8. The summed E-state index contributed by atoms with van der Waals surface area (Å²) in [4.78, 5) is 17.3. The third kappa shape index (κ3) is 3.97. The molecule has 6 heteroatoms. The molecule has 0 aliphatic rings. The normalized spacial score (nSPS) is 11.3. The number of nitrogens with one attached hydrogen (secondary N) is 1. The Morgan fingerprint density at radius 1 is 0.857 bits per heavy atom. The Morgan fingerprint density at radius 3 is 2.14 bits per heavy atom. The molecule has 0 fully saturated rings. The van der Waals surface area contributed by atoms with Gasteiger partial charge in [-0.3, -0.25) is 14.5 Å². The van der Waals surface area contributed by atoms with E-state index in [-0.39, 0.29) is 16.4 Å². The Morgan fingerprint density at radius 2 is 1.50 bits per heavy atom. The quantitative estimate of drug-likeness (QED) is 0.653. The summed E-state index contributed by atoms with van der Waals surface area (Å²) in [6.45, 7) is 7.47. The Kier molecular flexibility index (Phi) is 5.34. The summed E-state index contributed by atoms with van der Waals surface area (Å²) in [6, 6.07) is 11.6. The zero-order chi connectivity index (χ0) is 20.5. The van der Waals surface area contributed by atoms with Crippen LogP contribution in [-0.2, 0) is 10.0 Å². The van der Waals surface area contributed by atoms with E-state index in [1.807, 2.05) is 20.8 Å². The number of pyridine rings is 1. The minimum Gasteiger partial charge on any atom is -0.289 e. The molecule has 0 amide bonds. The SMILES string of the molecule is Cc1ccc(S(=O)(=O)Nc2cc(C)c(C)cc2C(=O)c2ccncc2C)cc1. The molecule has 28 heavy (non-hydrogen) atoms. The molecule has 0 radical (unpaired) electrons. The number of benzene rings is 2. The van der Waals surface area contributed by atoms with Crippen molar-refractivity contribution in [3.05, 3.63) is 88.2 Å². The third-order valence-electron chi connectivity index (χ3n) is 4.72. The van der Waals surface area contributed by atoms with E-state index in [4.69, 9.17) is 0 Å². The topological polar surface area (TPSA) is 76.1 Å². The van der Waals surface area contributed by atoms with Crippen molar-refractivity contribution in [1.29, 1.82) is 0 Å². The Labute approximate surface area is 165 Å². The number of hydrogen-bond donors (Lipinski definition) is 1. The van der Waals surface area contributed by atoms with Crippen LogP contribution in [0.3, 0.4) is 0 Å². The van der Waals surface area contributed by atoms with Gasteiger partial charge in [0.15, 0.2) is 5.78 Å². The highest BCUT2D eigenvalue weighted by Crippen LogP contribution is 2.27. The summed E-state index contributed by atoms with van der Waals surface area (Å²) >= 11 is 0. The van der Waals surface area contributed by atoms with Gasteiger partial charge in [0.25, 0.3) is 10.0 Å². The predicted octanol–water partition coefficient (Wildman–Crippen LogP) is 4.35. The molecule has 0 saturated heterocycles. The minimum absolute atomic E-state index is 0.148. The van der Waals surface area contributed by atoms with Gasteiger partial charge < -0.3 is 0 Å². The number of aryl methyl sites for hydroxylation is 4. The number of carbonyl (C=O) groups is 1. The van der Waals surface area contributed by atoms with Crippen LogP contribution >= 0.6 is 0 Å². The number of anilines is 1. The van der Waals surface area contributed by atoms with E-state index < -0.39 is 10.0 Å². The van der Waals surface area contributed by atoms with E-state index in [1.165, 1.54) is 0 Å². The second-order valence-electron chi connectivity index (χ2n) is 6.92. The largest absolute Gasteiger partial charge is 0.289 e. The zero-order valence-electron chi connectivity index (χ0n) is 16.3. The molecule has 5 nitrogen and oxygen atoms in total. The zero-order valence-corrected chi connectivity index (χ0v) is 17.1. The van der Waals surface area contributed by atoms with Gasteiger partial charge in [-0.25, -0.2) is 8.42 Å². The molecule has 3 aromatic rings. The Bertz CT molecular complexity index is 1150. The second kappa shape index (κ2) is 7.56. The number of aromatic nitrogens is 1. The monoisotopic (exact) mass is 394 g/mol. The molecule has 1 aromatic heterocycles. The van der Waals surface area contributed by atoms with Gasteiger partial charge in [-0.15, -0.1) is 0 Å². The maximum Gasteiger partial charge on any atom is 0.261 e. The van der Waals surface area contributed by atoms with Crippen molar-refractivity contribution in [3.8, 4) is 0 Å². The summed E-state index contributed by atoms with van der Waals surface area (Å²) in [5, 5.41) is 0. The van der Waals surface area contributed by atoms with Crippen LogP contribution in [0.5, 0.6) is 0 Å². The van der Waals surface area contributed by atoms with E-state index in [2.05, 4.69) is 9.71 Å². The molecule has 144 valence electrons. The van der Waals surface area contributed by atoms with Gasteiger partial charge in [0.05, 0.1) is 10.6 Å². The fourth-order valence-electron chi connectivity index (χ4n) is 2.88. The number of hydrogen-bond acceptors (Lipinski definition) is 4. The third-order valence-corrected chi connectivity index (χ3v) is 6.10. The van der Waals surface area contributed by atoms with Crippen molar-refractivity contribution < 1.29 is 13.2 Å². The van der Waals surface area contributed by atoms with E-state index in [0.29, 0.717) is 11.1 Å². The van der Waals surface area contributed by atoms with Crippen LogP contribution in [0.1, 0.15) is 38.2 Å². The summed E-state index contributed by atoms with van der Waals surface area (Å²) in [6.07, 6.45) is 3.17. The molecule has 0 atom stereocenters. The molecule has 1 N–H and O–H groups in total. The molecule has 3 rings (SSSR count). The first-order valence-corrected chi connectivity index (χ1v) is 10.3. The van der Waals surface area contributed by atoms with Crippen LogP contribution in [-0.4, -0.2) is 19.2 Å². The lowest BCUT2D eigenvalue weighted by atomic mass is 9.96. The molecular weight excluding hydrogens is 372 g/mol. The number of nitrogens with zero attached hydrogens (tertiary/aromatic N) is 1. The van der Waals surface area contributed by atoms with Crippen LogP contribution < -0.4 is 4.72 Å². The van der Waals surface area contributed by atoms with Crippen LogP contribution in [0.15, 0.2) is 59.8 Å². The summed E-state index contributed by atoms with van der Waals surface area (Å²) in [5.74, 6) is -0.246. The van der Waals surface area contributed by atoms with Gasteiger partial charge in [0.1, 0.15) is 0 Å². The molecule has 0 aliphatic heterocycles. The average Bonchev–Trinajstić information content (AvgIpc) is 2.64. The molecule has 0 aliphatic carbocycles. The lowest BCUT2D eigenvalue weighted by Crippen LogP contribution is -2.17. The smallest absolute Gasteiger partial charge is 0.261 e. The van der Waals surface area contributed by atoms with Gasteiger partial charge in [0.2, 0.25) is 0 Å². The highest BCUT2D eigenvalue weighted by Gasteiger charge is 2.21. The molecule has 2 aromatic carbocycles. The highest BCUT2D eigenvalue weighted by molar-refractivity contribution is 7.92. The van der Waals surface area contributed by atoms with Crippen LogP contribution in [0, 0.1) is 27.7 Å². The first-order chi connectivity index (χ1) is 13.2. The molecule has 1 heterocycles. The lowest BCUT2D eigenvalue weighted by Gasteiger charge is -2.15. The second-order valence-corrected chi connectivity index (χ2v) is 8.60. The van der Waals surface area contributed by atoms with Crippen molar-refractivity contribution >= 4 is 21.5 Å². The lowest BCUT2D eigenvalue weighted by molar-refractivity contribution is 0.103. The highest BCUT2D eigenvalue weighted by atomic mass is 32.2. The van der Waals surface area contributed by atoms with Crippen molar-refractivity contribution in [3.63, 3.8) is 0 Å². The van der Waals surface area contributed by atoms with Gasteiger partial charge in [0, 0.05) is 23.5 Å². The van der Waals surface area contributed by atoms with Crippen molar-refractivity contribution in [1.82, 2.24) is 4.98 Å². The number of sulfonamides is 1. The summed E-state index contributed by atoms with van der Waals surface area (Å²) in [5.41, 5.74) is 4.58. The van der Waals surface area contributed by atoms with Gasteiger partial charge in [-0.1, -0.05) is 17.7 Å². The van der Waals surface area contributed by atoms with Crippen LogP contribution in [0.2, 0.25) is 0 Å². The molecular formula is C22H22N2O3S. The number of carbonyl (C=O) groups excluding carboxylic acids is 1. The first-order valence-electron chi connectivity index (χ1n) is 8.85. The van der Waals surface area contributed by atoms with Gasteiger partial charge in [-0.2, -0.15) is 0 Å². The van der Waals surface area contributed by atoms with Crippen LogP contribution in [0.25, 0.3) is 0 Å². The van der Waals surface area contributed by atoms with Crippen molar-refractivity contribution in [2.45, 2.75) is 32.6 Å². The van der Waals surface area contributed by atoms with E-state index in [1.54, 1.807) is 61.8 Å². The van der Waals surface area contributed by atoms with E-state index in [0.717, 1.165) is 22.3 Å². The maximum absolute atomic E-state index is 13.2. The van der Waals surface area contributed by atoms with E-state index >= 15 is 0 Å². The van der Waals surface area contributed by atoms with Gasteiger partial charge >= 0.3 is 0 Å². The molecule has 0 saturated carbocycles. The molecule has 0 unspecified atom stereocenters. The van der Waals surface area contributed by atoms with E-state index in [9.17, 15) is 13.2 Å². The molecule has 0 bridgehead atoms. The minimum atomic E-state index is -3.82. The standard InChI is InChI=1S/C22H22N2O3S/c1-14-5-7-18(8-6-14)28(26,27)24-21-12-16(3)15(2)11-20(21)22(25)19-9-10-23-13-17(19)4/h5-13,24H,1-4H3. The predicted molar refractivity (Wildman–Crippen MR) is 110 cm³/mol. The fourth-order valence-corrected chi connectivity index (χ4v) is 3.95. The summed E-state index contributed by atoms with van der Waals surface area (Å²) in [7, 11) is -3.82. The Hall–Kier alpha value is -2.99. The summed E-state index contributed by atoms with van der Waals surface area (Å²) < 4.78 is 28.3. The van der Waals surface area contributed by atoms with Gasteiger partial charge in [-0.05, 0) is 74.7 Å². The van der Waals surface area contributed by atoms with Crippen molar-refractivity contribution in [2.24, 2.45) is 0 Å². The maximum atomic E-state index is 13.2. The fraction of sp³-hybridized carbons (Fsp3) is 0.182. The van der Waals surface area contributed by atoms with Crippen LogP contribution in [0.4, 0.5) is 5.69 Å². The number of ketones is 1. The molecule has 0 spiro atoms.